The Morgan fingerprint density at radius 2 is 1.64 bits per heavy atom. The average Bonchev–Trinajstić information content (AvgIpc) is 3.59. The van der Waals surface area contributed by atoms with E-state index in [9.17, 15) is 18.0 Å². The van der Waals surface area contributed by atoms with Crippen molar-refractivity contribution in [2.75, 3.05) is 0 Å². The van der Waals surface area contributed by atoms with Crippen LogP contribution in [-0.4, -0.2) is 25.8 Å². The lowest BCUT2D eigenvalue weighted by Gasteiger charge is -2.26. The fourth-order valence-corrected chi connectivity index (χ4v) is 6.66. The number of sulfone groups is 1. The summed E-state index contributed by atoms with van der Waals surface area (Å²) in [7, 11) is -3.49. The molecule has 2 fully saturated rings. The molecule has 0 aromatic heterocycles. The molecule has 2 unspecified atom stereocenters. The summed E-state index contributed by atoms with van der Waals surface area (Å²) in [4.78, 5) is 27.0. The highest BCUT2D eigenvalue weighted by molar-refractivity contribution is 7.90. The summed E-state index contributed by atoms with van der Waals surface area (Å²) >= 11 is 0. The Labute approximate surface area is 196 Å². The summed E-state index contributed by atoms with van der Waals surface area (Å²) in [6.45, 7) is 4.00. The first-order valence-electron chi connectivity index (χ1n) is 11.9. The van der Waals surface area contributed by atoms with Crippen LogP contribution in [-0.2, 0) is 29.9 Å². The number of hydrogen-bond acceptors (Lipinski definition) is 5. The minimum atomic E-state index is -3.49. The molecule has 2 aromatic rings. The monoisotopic (exact) mass is 468 g/mol. The van der Waals surface area contributed by atoms with Gasteiger partial charge in [-0.1, -0.05) is 69.2 Å². The number of ether oxygens (including phenoxy) is 1. The van der Waals surface area contributed by atoms with Crippen LogP contribution >= 0.6 is 0 Å². The highest BCUT2D eigenvalue weighted by atomic mass is 32.2. The zero-order chi connectivity index (χ0) is 23.6. The van der Waals surface area contributed by atoms with Crippen LogP contribution in [0.4, 0.5) is 0 Å². The Morgan fingerprint density at radius 3 is 2.24 bits per heavy atom. The molecule has 1 saturated carbocycles. The fraction of sp³-hybridized carbons (Fsp3) is 0.481. The molecule has 2 atom stereocenters. The third-order valence-corrected chi connectivity index (χ3v) is 8.58. The lowest BCUT2D eigenvalue weighted by atomic mass is 9.75. The smallest absolute Gasteiger partial charge is 0.318 e. The molecule has 1 aliphatic heterocycles. The number of carbonyl (C=O) groups is 2. The van der Waals surface area contributed by atoms with Crippen molar-refractivity contribution in [1.82, 2.24) is 0 Å². The van der Waals surface area contributed by atoms with Crippen molar-refractivity contribution in [2.24, 2.45) is 11.8 Å². The summed E-state index contributed by atoms with van der Waals surface area (Å²) in [5, 5.41) is 0. The number of Topliss-reactive ketones (excluding diaryl/α,β-unsaturated/α-hetero) is 1. The van der Waals surface area contributed by atoms with Crippen LogP contribution in [0.25, 0.3) is 0 Å². The van der Waals surface area contributed by atoms with Gasteiger partial charge in [0, 0.05) is 5.92 Å². The standard InChI is InChI=1S/C27H32O5S/c1-3-15-27(16-4-2)25(28)24(26(29)32-27)23(20-13-14-20)21-10-8-9-19(17-21)18-33(30,31)22-11-6-5-7-12-22/h5-12,17,20,23-24H,3-4,13-16,18H2,1-2H3. The van der Waals surface area contributed by atoms with Gasteiger partial charge in [-0.3, -0.25) is 9.59 Å². The van der Waals surface area contributed by atoms with Gasteiger partial charge >= 0.3 is 5.97 Å². The minimum Gasteiger partial charge on any atom is -0.450 e. The van der Waals surface area contributed by atoms with Crippen LogP contribution in [0, 0.1) is 11.8 Å². The van der Waals surface area contributed by atoms with Crippen molar-refractivity contribution < 1.29 is 22.7 Å². The van der Waals surface area contributed by atoms with Gasteiger partial charge in [0.2, 0.25) is 0 Å². The molecule has 1 heterocycles. The minimum absolute atomic E-state index is 0.0876. The van der Waals surface area contributed by atoms with Crippen molar-refractivity contribution in [3.8, 4) is 0 Å². The van der Waals surface area contributed by atoms with Crippen LogP contribution in [0.3, 0.4) is 0 Å². The van der Waals surface area contributed by atoms with Gasteiger partial charge in [0.15, 0.2) is 21.2 Å². The molecule has 0 spiro atoms. The highest BCUT2D eigenvalue weighted by Crippen LogP contribution is 2.51. The van der Waals surface area contributed by atoms with Gasteiger partial charge in [-0.2, -0.15) is 0 Å². The second-order valence-electron chi connectivity index (χ2n) is 9.44. The third-order valence-electron chi connectivity index (χ3n) is 6.87. The lowest BCUT2D eigenvalue weighted by Crippen LogP contribution is -2.38. The van der Waals surface area contributed by atoms with E-state index in [0.29, 0.717) is 18.4 Å². The largest absolute Gasteiger partial charge is 0.450 e. The van der Waals surface area contributed by atoms with Crippen molar-refractivity contribution in [3.05, 3.63) is 65.7 Å². The van der Waals surface area contributed by atoms with Crippen molar-refractivity contribution in [2.45, 2.75) is 74.5 Å². The lowest BCUT2D eigenvalue weighted by molar-refractivity contribution is -0.154. The van der Waals surface area contributed by atoms with Crippen molar-refractivity contribution in [3.63, 3.8) is 0 Å². The molecule has 33 heavy (non-hydrogen) atoms. The number of rotatable bonds is 10. The van der Waals surface area contributed by atoms with Gasteiger partial charge in [0.1, 0.15) is 5.92 Å². The van der Waals surface area contributed by atoms with Gasteiger partial charge < -0.3 is 4.74 Å². The van der Waals surface area contributed by atoms with Crippen LogP contribution < -0.4 is 0 Å². The zero-order valence-electron chi connectivity index (χ0n) is 19.3. The first-order valence-corrected chi connectivity index (χ1v) is 13.6. The molecule has 6 heteroatoms. The molecule has 1 saturated heterocycles. The van der Waals surface area contributed by atoms with E-state index in [1.807, 2.05) is 32.0 Å². The van der Waals surface area contributed by atoms with Crippen molar-refractivity contribution >= 4 is 21.6 Å². The third kappa shape index (κ3) is 4.77. The number of carbonyl (C=O) groups excluding carboxylic acids is 2. The maximum atomic E-state index is 13.6. The quantitative estimate of drug-likeness (QED) is 0.352. The van der Waals surface area contributed by atoms with E-state index in [1.165, 1.54) is 0 Å². The van der Waals surface area contributed by atoms with E-state index in [4.69, 9.17) is 4.74 Å². The molecule has 5 nitrogen and oxygen atoms in total. The first-order chi connectivity index (χ1) is 15.8. The predicted molar refractivity (Wildman–Crippen MR) is 126 cm³/mol. The predicted octanol–water partition coefficient (Wildman–Crippen LogP) is 5.24. The number of benzene rings is 2. The average molecular weight is 469 g/mol. The molecular weight excluding hydrogens is 436 g/mol. The summed E-state index contributed by atoms with van der Waals surface area (Å²) in [5.74, 6) is -1.46. The van der Waals surface area contributed by atoms with Crippen LogP contribution in [0.2, 0.25) is 0 Å². The van der Waals surface area contributed by atoms with Gasteiger partial charge in [0.25, 0.3) is 0 Å². The summed E-state index contributed by atoms with van der Waals surface area (Å²) in [6.07, 6.45) is 4.56. The number of ketones is 1. The number of hydrogen-bond donors (Lipinski definition) is 0. The van der Waals surface area contributed by atoms with Gasteiger partial charge in [-0.15, -0.1) is 0 Å². The molecule has 2 aliphatic rings. The van der Waals surface area contributed by atoms with E-state index in [-0.39, 0.29) is 28.3 Å². The summed E-state index contributed by atoms with van der Waals surface area (Å²) in [5.41, 5.74) is 0.513. The summed E-state index contributed by atoms with van der Waals surface area (Å²) in [6, 6.07) is 15.8. The molecule has 176 valence electrons. The number of cyclic esters (lactones) is 1. The Morgan fingerprint density at radius 1 is 0.970 bits per heavy atom. The molecule has 2 aromatic carbocycles. The molecule has 0 amide bonds. The van der Waals surface area contributed by atoms with Gasteiger partial charge in [-0.25, -0.2) is 8.42 Å². The van der Waals surface area contributed by atoms with E-state index in [1.54, 1.807) is 36.4 Å². The zero-order valence-corrected chi connectivity index (χ0v) is 20.1. The van der Waals surface area contributed by atoms with Crippen LogP contribution in [0.5, 0.6) is 0 Å². The molecule has 0 radical (unpaired) electrons. The topological polar surface area (TPSA) is 77.5 Å². The summed E-state index contributed by atoms with van der Waals surface area (Å²) < 4.78 is 31.6. The highest BCUT2D eigenvalue weighted by Gasteiger charge is 2.58. The Bertz CT molecular complexity index is 1110. The SMILES string of the molecule is CCCC1(CCC)OC(=O)C(C(c2cccc(CS(=O)(=O)c3ccccc3)c2)C2CC2)C1=O. The second kappa shape index (κ2) is 9.41. The van der Waals surface area contributed by atoms with E-state index >= 15 is 0 Å². The second-order valence-corrected chi connectivity index (χ2v) is 11.4. The van der Waals surface area contributed by atoms with Gasteiger partial charge in [-0.05, 0) is 54.9 Å². The van der Waals surface area contributed by atoms with Crippen LogP contribution in [0.15, 0.2) is 59.5 Å². The molecule has 0 bridgehead atoms. The normalized spacial score (nSPS) is 21.1. The molecular formula is C27H32O5S. The van der Waals surface area contributed by atoms with E-state index in [2.05, 4.69) is 0 Å². The number of esters is 1. The fourth-order valence-electron chi connectivity index (χ4n) is 5.30. The van der Waals surface area contributed by atoms with E-state index in [0.717, 1.165) is 31.2 Å². The molecule has 1 aliphatic carbocycles. The Kier molecular flexibility index (Phi) is 6.76. The van der Waals surface area contributed by atoms with Crippen molar-refractivity contribution in [1.29, 1.82) is 0 Å². The van der Waals surface area contributed by atoms with E-state index < -0.39 is 27.3 Å². The maximum Gasteiger partial charge on any atom is 0.318 e. The first kappa shape index (κ1) is 23.7. The maximum absolute atomic E-state index is 13.6. The molecule has 0 N–H and O–H groups in total. The van der Waals surface area contributed by atoms with Crippen LogP contribution in [0.1, 0.15) is 69.4 Å². The Hall–Kier alpha value is -2.47. The molecule has 4 rings (SSSR count). The van der Waals surface area contributed by atoms with Gasteiger partial charge in [0.05, 0.1) is 10.6 Å². The Balaban J connectivity index is 1.65.